The lowest BCUT2D eigenvalue weighted by molar-refractivity contribution is 0.153. The number of rotatable bonds is 2. The number of aryl methyl sites for hydroxylation is 1. The van der Waals surface area contributed by atoms with Crippen LogP contribution in [0.2, 0.25) is 0 Å². The molecular weight excluding hydrogens is 214 g/mol. The molecule has 0 aromatic heterocycles. The molecule has 0 saturated heterocycles. The summed E-state index contributed by atoms with van der Waals surface area (Å²) in [5, 5.41) is 9.56. The van der Waals surface area contributed by atoms with Crippen molar-refractivity contribution in [2.75, 3.05) is 0 Å². The van der Waals surface area contributed by atoms with Crippen LogP contribution in [0, 0.1) is 6.92 Å². The number of hydrogen-bond acceptors (Lipinski definition) is 4. The first kappa shape index (κ1) is 14.0. The molecule has 1 aromatic rings. The zero-order chi connectivity index (χ0) is 11.8. The lowest BCUT2D eigenvalue weighted by atomic mass is 10.0. The van der Waals surface area contributed by atoms with Crippen LogP contribution < -0.4 is 5.73 Å². The maximum atomic E-state index is 9.56. The molecule has 0 saturated carbocycles. The Morgan fingerprint density at radius 1 is 1.27 bits per heavy atom. The first-order valence-electron chi connectivity index (χ1n) is 4.45. The molecule has 0 bridgehead atoms. The number of aliphatic hydroxyl groups is 1. The minimum Gasteiger partial charge on any atom is -0.387 e. The predicted octanol–water partition coefficient (Wildman–Crippen LogP) is 0.705. The molecule has 1 aromatic carbocycles. The molecule has 0 aliphatic rings. The normalized spacial score (nSPS) is 13.3. The highest BCUT2D eigenvalue weighted by molar-refractivity contribution is 7.51. The van der Waals surface area contributed by atoms with Gasteiger partial charge in [-0.2, -0.15) is 8.42 Å². The molecule has 0 radical (unpaired) electrons. The average Bonchev–Trinajstić information content (AvgIpc) is 2.19. The quantitative estimate of drug-likeness (QED) is 0.782. The molecule has 1 rings (SSSR count). The molecular formula is C10H15NO3S. The topological polar surface area (TPSA) is 80.4 Å². The molecule has 84 valence electrons. The van der Waals surface area contributed by atoms with Crippen LogP contribution in [0.4, 0.5) is 0 Å². The van der Waals surface area contributed by atoms with Gasteiger partial charge in [-0.1, -0.05) is 29.8 Å². The maximum Gasteiger partial charge on any atom is 0.335 e. The van der Waals surface area contributed by atoms with Crippen LogP contribution in [0.5, 0.6) is 0 Å². The largest absolute Gasteiger partial charge is 0.387 e. The van der Waals surface area contributed by atoms with Crippen LogP contribution in [0.1, 0.15) is 24.2 Å². The predicted molar refractivity (Wildman–Crippen MR) is 58.7 cm³/mol. The Morgan fingerprint density at radius 2 is 1.67 bits per heavy atom. The Bertz CT molecular complexity index is 318. The molecule has 0 spiro atoms. The van der Waals surface area contributed by atoms with Crippen molar-refractivity contribution in [3.8, 4) is 0 Å². The standard InChI is InChI=1S/C10H15NO.O2S/c1-7-3-5-9(6-4-7)10(12)8(2)11;1-3-2/h3-6,8,10,12H,11H2,1-2H3;/t8-,10+;/m1./s1. The maximum absolute atomic E-state index is 9.56. The van der Waals surface area contributed by atoms with E-state index in [1.807, 2.05) is 31.2 Å². The fraction of sp³-hybridized carbons (Fsp3) is 0.400. The van der Waals surface area contributed by atoms with Crippen LogP contribution in [-0.2, 0) is 11.6 Å². The van der Waals surface area contributed by atoms with E-state index in [0.717, 1.165) is 5.56 Å². The van der Waals surface area contributed by atoms with Crippen molar-refractivity contribution in [1.82, 2.24) is 0 Å². The fourth-order valence-corrected chi connectivity index (χ4v) is 1.07. The van der Waals surface area contributed by atoms with Crippen molar-refractivity contribution in [2.24, 2.45) is 5.73 Å². The number of benzene rings is 1. The zero-order valence-corrected chi connectivity index (χ0v) is 9.53. The highest BCUT2D eigenvalue weighted by atomic mass is 32.1. The molecule has 5 heteroatoms. The third-order valence-electron chi connectivity index (χ3n) is 1.92. The first-order chi connectivity index (χ1) is 7.02. The van der Waals surface area contributed by atoms with Gasteiger partial charge in [0, 0.05) is 6.04 Å². The lowest BCUT2D eigenvalue weighted by Gasteiger charge is -2.14. The Morgan fingerprint density at radius 3 is 2.00 bits per heavy atom. The third kappa shape index (κ3) is 5.41. The van der Waals surface area contributed by atoms with Gasteiger partial charge in [0.1, 0.15) is 0 Å². The zero-order valence-electron chi connectivity index (χ0n) is 8.71. The van der Waals surface area contributed by atoms with Crippen LogP contribution >= 0.6 is 0 Å². The molecule has 0 amide bonds. The van der Waals surface area contributed by atoms with Crippen molar-refractivity contribution in [1.29, 1.82) is 0 Å². The van der Waals surface area contributed by atoms with E-state index in [-0.39, 0.29) is 6.04 Å². The summed E-state index contributed by atoms with van der Waals surface area (Å²) in [5.41, 5.74) is 7.63. The van der Waals surface area contributed by atoms with E-state index in [0.29, 0.717) is 0 Å². The van der Waals surface area contributed by atoms with Gasteiger partial charge in [-0.25, -0.2) is 0 Å². The summed E-state index contributed by atoms with van der Waals surface area (Å²) in [7, 11) is 0. The van der Waals surface area contributed by atoms with E-state index < -0.39 is 17.7 Å². The SMILES string of the molecule is Cc1ccc([C@@H](O)[C@@H](C)N)cc1.O=S=O. The number of aliphatic hydroxyl groups excluding tert-OH is 1. The van der Waals surface area contributed by atoms with Crippen LogP contribution in [0.25, 0.3) is 0 Å². The molecule has 3 N–H and O–H groups in total. The average molecular weight is 229 g/mol. The van der Waals surface area contributed by atoms with E-state index in [2.05, 4.69) is 0 Å². The number of hydrogen-bond donors (Lipinski definition) is 2. The molecule has 0 fully saturated rings. The van der Waals surface area contributed by atoms with E-state index in [4.69, 9.17) is 14.2 Å². The summed E-state index contributed by atoms with van der Waals surface area (Å²) in [5.74, 6) is 0. The second-order valence-corrected chi connectivity index (χ2v) is 3.42. The van der Waals surface area contributed by atoms with E-state index >= 15 is 0 Å². The van der Waals surface area contributed by atoms with E-state index in [1.54, 1.807) is 6.92 Å². The molecule has 0 aliphatic carbocycles. The molecule has 15 heavy (non-hydrogen) atoms. The summed E-state index contributed by atoms with van der Waals surface area (Å²) in [6, 6.07) is 7.54. The van der Waals surface area contributed by atoms with Crippen molar-refractivity contribution < 1.29 is 13.5 Å². The molecule has 0 unspecified atom stereocenters. The van der Waals surface area contributed by atoms with Gasteiger partial charge >= 0.3 is 11.6 Å². The Labute approximate surface area is 92.7 Å². The Hall–Kier alpha value is -1.04. The Kier molecular flexibility index (Phi) is 6.77. The van der Waals surface area contributed by atoms with Gasteiger partial charge in [-0.3, -0.25) is 0 Å². The number of nitrogens with two attached hydrogens (primary N) is 1. The van der Waals surface area contributed by atoms with Crippen molar-refractivity contribution in [3.05, 3.63) is 35.4 Å². The van der Waals surface area contributed by atoms with Gasteiger partial charge in [0.2, 0.25) is 0 Å². The lowest BCUT2D eigenvalue weighted by Crippen LogP contribution is -2.24. The van der Waals surface area contributed by atoms with Crippen LogP contribution in [0.15, 0.2) is 24.3 Å². The molecule has 2 atom stereocenters. The fourth-order valence-electron chi connectivity index (χ4n) is 1.07. The molecule has 0 heterocycles. The molecule has 0 aliphatic heterocycles. The van der Waals surface area contributed by atoms with Crippen molar-refractivity contribution in [2.45, 2.75) is 26.0 Å². The highest BCUT2D eigenvalue weighted by Crippen LogP contribution is 2.15. The van der Waals surface area contributed by atoms with Gasteiger partial charge in [-0.15, -0.1) is 0 Å². The second-order valence-electron chi connectivity index (χ2n) is 3.28. The summed E-state index contributed by atoms with van der Waals surface area (Å²) < 4.78 is 16.6. The summed E-state index contributed by atoms with van der Waals surface area (Å²) in [4.78, 5) is 0. The van der Waals surface area contributed by atoms with Gasteiger partial charge < -0.3 is 10.8 Å². The van der Waals surface area contributed by atoms with Crippen molar-refractivity contribution >= 4 is 11.6 Å². The summed E-state index contributed by atoms with van der Waals surface area (Å²) in [6.07, 6.45) is -0.550. The van der Waals surface area contributed by atoms with Gasteiger partial charge in [0.05, 0.1) is 6.10 Å². The first-order valence-corrected chi connectivity index (χ1v) is 5.11. The van der Waals surface area contributed by atoms with Crippen molar-refractivity contribution in [3.63, 3.8) is 0 Å². The van der Waals surface area contributed by atoms with Gasteiger partial charge in [0.25, 0.3) is 0 Å². The highest BCUT2D eigenvalue weighted by Gasteiger charge is 2.10. The van der Waals surface area contributed by atoms with Gasteiger partial charge in [0.15, 0.2) is 0 Å². The molecule has 4 nitrogen and oxygen atoms in total. The smallest absolute Gasteiger partial charge is 0.335 e. The summed E-state index contributed by atoms with van der Waals surface area (Å²) >= 11 is -0.750. The monoisotopic (exact) mass is 229 g/mol. The van der Waals surface area contributed by atoms with E-state index in [1.165, 1.54) is 5.56 Å². The van der Waals surface area contributed by atoms with Gasteiger partial charge in [-0.05, 0) is 19.4 Å². The summed E-state index contributed by atoms with van der Waals surface area (Å²) in [6.45, 7) is 3.81. The minimum absolute atomic E-state index is 0.215. The van der Waals surface area contributed by atoms with Crippen LogP contribution in [0.3, 0.4) is 0 Å². The minimum atomic E-state index is -0.750. The Balaban J connectivity index is 0.000000583. The third-order valence-corrected chi connectivity index (χ3v) is 1.92. The van der Waals surface area contributed by atoms with E-state index in [9.17, 15) is 5.11 Å². The van der Waals surface area contributed by atoms with Crippen LogP contribution in [-0.4, -0.2) is 19.6 Å². The second kappa shape index (κ2) is 7.28.